The summed E-state index contributed by atoms with van der Waals surface area (Å²) in [5.41, 5.74) is 11.4. The van der Waals surface area contributed by atoms with E-state index >= 15 is 0 Å². The average Bonchev–Trinajstić information content (AvgIpc) is 3.29. The van der Waals surface area contributed by atoms with Crippen LogP contribution in [-0.4, -0.2) is 77.4 Å². The van der Waals surface area contributed by atoms with E-state index in [1.54, 1.807) is 24.2 Å². The van der Waals surface area contributed by atoms with Crippen molar-refractivity contribution in [3.8, 4) is 0 Å². The lowest BCUT2D eigenvalue weighted by Gasteiger charge is -2.50. The van der Waals surface area contributed by atoms with Crippen LogP contribution < -0.4 is 16.8 Å². The van der Waals surface area contributed by atoms with Crippen molar-refractivity contribution in [1.82, 2.24) is 24.6 Å². The van der Waals surface area contributed by atoms with E-state index in [4.69, 9.17) is 11.5 Å². The molecule has 0 bridgehead atoms. The summed E-state index contributed by atoms with van der Waals surface area (Å²) in [5, 5.41) is 24.7. The molecule has 2 atom stereocenters. The summed E-state index contributed by atoms with van der Waals surface area (Å²) in [6.07, 6.45) is 4.21. The van der Waals surface area contributed by atoms with Gasteiger partial charge in [-0.25, -0.2) is 4.79 Å². The molecule has 4 heterocycles. The number of nitrogens with two attached hydrogens (primary N) is 2. The van der Waals surface area contributed by atoms with Crippen LogP contribution in [0.5, 0.6) is 0 Å². The van der Waals surface area contributed by atoms with E-state index in [1.807, 2.05) is 6.07 Å². The van der Waals surface area contributed by atoms with Crippen molar-refractivity contribution in [3.63, 3.8) is 0 Å². The second-order valence-corrected chi connectivity index (χ2v) is 10.7. The molecule has 0 aromatic carbocycles. The van der Waals surface area contributed by atoms with E-state index < -0.39 is 35.6 Å². The van der Waals surface area contributed by atoms with Gasteiger partial charge in [-0.3, -0.25) is 19.5 Å². The number of thioether (sulfide) groups is 2. The van der Waals surface area contributed by atoms with Crippen LogP contribution in [0.1, 0.15) is 24.2 Å². The third-order valence-electron chi connectivity index (χ3n) is 5.46. The average molecular weight is 551 g/mol. The first-order chi connectivity index (χ1) is 17.3. The number of carbonyl (C=O) groups is 3. The number of carbonyl (C=O) groups excluding carboxylic acids is 2. The zero-order valence-corrected chi connectivity index (χ0v) is 21.1. The summed E-state index contributed by atoms with van der Waals surface area (Å²) >= 11 is 3.78. The van der Waals surface area contributed by atoms with Gasteiger partial charge in [0.05, 0.1) is 6.04 Å². The lowest BCUT2D eigenvalue weighted by Crippen LogP contribution is -2.72. The Morgan fingerprint density at radius 3 is 2.86 bits per heavy atom. The van der Waals surface area contributed by atoms with Gasteiger partial charge in [0.15, 0.2) is 5.13 Å². The Labute approximate surface area is 217 Å². The molecular weight excluding hydrogens is 528 g/mol. The minimum atomic E-state index is -1.23. The number of pyridine rings is 1. The van der Waals surface area contributed by atoms with Gasteiger partial charge >= 0.3 is 5.97 Å². The Balaban J connectivity index is 1.51. The summed E-state index contributed by atoms with van der Waals surface area (Å²) in [7, 11) is 0. The molecule has 2 aromatic heterocycles. The fourth-order valence-electron chi connectivity index (χ4n) is 3.88. The number of aromatic nitrogens is 3. The molecule has 190 valence electrons. The molecule has 7 N–H and O–H groups in total. The van der Waals surface area contributed by atoms with Crippen LogP contribution in [-0.2, 0) is 20.1 Å². The van der Waals surface area contributed by atoms with Crippen LogP contribution in [0.25, 0.3) is 0 Å². The minimum Gasteiger partial charge on any atom is -0.477 e. The monoisotopic (exact) mass is 550 g/mol. The van der Waals surface area contributed by atoms with Gasteiger partial charge in [0.1, 0.15) is 11.7 Å². The minimum absolute atomic E-state index is 0.0775. The Kier molecular flexibility index (Phi) is 8.07. The van der Waals surface area contributed by atoms with Gasteiger partial charge in [0.25, 0.3) is 11.8 Å². The molecule has 2 aliphatic rings. The molecule has 0 radical (unpaired) electrons. The molecular formula is C20H22N8O5S3. The molecule has 0 aliphatic carbocycles. The number of β-lactam (4-membered cyclic amide) rings is 1. The highest BCUT2D eigenvalue weighted by Crippen LogP contribution is 2.44. The van der Waals surface area contributed by atoms with Crippen molar-refractivity contribution in [2.45, 2.75) is 35.6 Å². The highest BCUT2D eigenvalue weighted by Gasteiger charge is 2.54. The number of hydrogen-bond donors (Lipinski definition) is 5. The summed E-state index contributed by atoms with van der Waals surface area (Å²) in [4.78, 5) is 48.4. The third-order valence-corrected chi connectivity index (χ3v) is 8.31. The third kappa shape index (κ3) is 5.16. The number of nitrogens with zero attached hydrogens (tertiary/aromatic N) is 5. The van der Waals surface area contributed by atoms with Gasteiger partial charge in [-0.2, -0.15) is 21.1 Å². The smallest absolute Gasteiger partial charge is 0.353 e. The van der Waals surface area contributed by atoms with Crippen LogP contribution in [0.2, 0.25) is 0 Å². The zero-order valence-electron chi connectivity index (χ0n) is 18.7. The van der Waals surface area contributed by atoms with Gasteiger partial charge in [0.2, 0.25) is 11.5 Å². The summed E-state index contributed by atoms with van der Waals surface area (Å²) < 4.78 is 3.83. The van der Waals surface area contributed by atoms with Crippen LogP contribution in [0.15, 0.2) is 39.1 Å². The van der Waals surface area contributed by atoms with E-state index in [9.17, 15) is 24.7 Å². The molecule has 13 nitrogen and oxygen atoms in total. The van der Waals surface area contributed by atoms with Crippen molar-refractivity contribution in [1.29, 1.82) is 0 Å². The largest absolute Gasteiger partial charge is 0.477 e. The number of oxime groups is 1. The molecule has 0 saturated carbocycles. The van der Waals surface area contributed by atoms with Crippen molar-refractivity contribution in [3.05, 3.63) is 40.5 Å². The van der Waals surface area contributed by atoms with E-state index in [0.717, 1.165) is 27.7 Å². The summed E-state index contributed by atoms with van der Waals surface area (Å²) in [6.45, 7) is 0.553. The quantitative estimate of drug-likeness (QED) is 0.0898. The highest BCUT2D eigenvalue weighted by molar-refractivity contribution is 8.03. The Morgan fingerprint density at radius 2 is 2.19 bits per heavy atom. The number of carboxylic acids is 1. The van der Waals surface area contributed by atoms with Gasteiger partial charge < -0.3 is 27.1 Å². The molecule has 1 fully saturated rings. The lowest BCUT2D eigenvalue weighted by atomic mass is 9.86. The molecule has 4 rings (SSSR count). The first-order valence-corrected chi connectivity index (χ1v) is 13.4. The molecule has 2 aliphatic heterocycles. The second-order valence-electron chi connectivity index (χ2n) is 7.67. The maximum atomic E-state index is 13.0. The Morgan fingerprint density at radius 1 is 1.39 bits per heavy atom. The normalized spacial score (nSPS) is 19.6. The lowest BCUT2D eigenvalue weighted by molar-refractivity contribution is -0.155. The Bertz CT molecular complexity index is 1250. The van der Waals surface area contributed by atoms with Crippen LogP contribution in [0.4, 0.5) is 5.13 Å². The highest BCUT2D eigenvalue weighted by atomic mass is 32.2. The first-order valence-electron chi connectivity index (χ1n) is 10.7. The number of amides is 2. The van der Waals surface area contributed by atoms with E-state index in [-0.39, 0.29) is 16.7 Å². The van der Waals surface area contributed by atoms with Gasteiger partial charge in [-0.05, 0) is 24.5 Å². The van der Waals surface area contributed by atoms with Crippen LogP contribution in [0.3, 0.4) is 0 Å². The summed E-state index contributed by atoms with van der Waals surface area (Å²) in [6, 6.07) is 0.287. The van der Waals surface area contributed by atoms with Gasteiger partial charge in [-0.15, -0.1) is 0 Å². The van der Waals surface area contributed by atoms with Crippen molar-refractivity contribution >= 4 is 63.7 Å². The summed E-state index contributed by atoms with van der Waals surface area (Å²) in [5.74, 6) is -1.38. The number of fused-ring (bicyclic) bond motifs is 1. The second kappa shape index (κ2) is 11.2. The topological polar surface area (TPSA) is 210 Å². The number of allylic oxidation sites excluding steroid dienone is 1. The first kappa shape index (κ1) is 25.9. The number of nitrogens with one attached hydrogen (secondary N) is 1. The predicted molar refractivity (Wildman–Crippen MR) is 134 cm³/mol. The number of hydrogen-bond acceptors (Lipinski definition) is 13. The standard InChI is InChI=1S/C20H22N8O5S3/c21-4-6-34-8-9-7-23-5-3-11(9)35-12-2-1-10-13(18(30)28(10)15(12)19(31)32)24-17(29)14(26-33)16-25-20(22)36-27-16/h3,5,7,10,13,33H,1-2,4,6,8,21H2,(H,24,29)(H,31,32)(H2,22,25,27). The molecule has 16 heteroatoms. The van der Waals surface area contributed by atoms with E-state index in [0.29, 0.717) is 30.0 Å². The van der Waals surface area contributed by atoms with Crippen molar-refractivity contribution < 1.29 is 24.7 Å². The SMILES string of the molecule is NCCSCc1cnccc1SC1=C(C(=O)O)N2C(=O)C(NC(=O)C(=NO)c3nsc(N)n3)C2CC1. The molecule has 2 amide bonds. The number of anilines is 1. The fourth-order valence-corrected chi connectivity index (χ4v) is 6.32. The number of nitrogen functional groups attached to an aromatic ring is 1. The molecule has 2 unspecified atom stereocenters. The van der Waals surface area contributed by atoms with Gasteiger partial charge in [0, 0.05) is 51.8 Å². The predicted octanol–water partition coefficient (Wildman–Crippen LogP) is 0.463. The molecule has 36 heavy (non-hydrogen) atoms. The maximum Gasteiger partial charge on any atom is 0.353 e. The van der Waals surface area contributed by atoms with Crippen molar-refractivity contribution in [2.24, 2.45) is 10.9 Å². The number of aliphatic carboxylic acids is 1. The van der Waals surface area contributed by atoms with Gasteiger partial charge in [-0.1, -0.05) is 16.9 Å². The van der Waals surface area contributed by atoms with E-state index in [2.05, 4.69) is 24.8 Å². The van der Waals surface area contributed by atoms with E-state index in [1.165, 1.54) is 16.7 Å². The molecule has 1 saturated heterocycles. The number of carboxylic acid groups (broad SMARTS) is 1. The zero-order chi connectivity index (χ0) is 25.8. The fraction of sp³-hybridized carbons (Fsp3) is 0.350. The Hall–Kier alpha value is -3.21. The van der Waals surface area contributed by atoms with Crippen LogP contribution in [0, 0.1) is 0 Å². The number of rotatable bonds is 10. The molecule has 0 spiro atoms. The maximum absolute atomic E-state index is 13.0. The van der Waals surface area contributed by atoms with Crippen molar-refractivity contribution in [2.75, 3.05) is 18.0 Å². The molecule has 2 aromatic rings. The van der Waals surface area contributed by atoms with Crippen LogP contribution >= 0.6 is 35.1 Å².